The van der Waals surface area contributed by atoms with E-state index in [9.17, 15) is 0 Å². The Balaban J connectivity index is 1.94. The summed E-state index contributed by atoms with van der Waals surface area (Å²) in [5, 5.41) is 15.9. The summed E-state index contributed by atoms with van der Waals surface area (Å²) in [6.07, 6.45) is 3.57. The van der Waals surface area contributed by atoms with Gasteiger partial charge in [0.05, 0.1) is 7.05 Å². The first-order chi connectivity index (χ1) is 7.95. The highest BCUT2D eigenvalue weighted by Crippen LogP contribution is 2.29. The Morgan fingerprint density at radius 2 is 2.12 bits per heavy atom. The molecule has 96 valence electrons. The number of hydrogen-bond donors (Lipinski definition) is 1. The molecule has 5 heteroatoms. The number of nitrogens with zero attached hydrogens (tertiary/aromatic N) is 4. The van der Waals surface area contributed by atoms with Gasteiger partial charge < -0.3 is 5.32 Å². The smallest absolute Gasteiger partial charge is 0.175 e. The van der Waals surface area contributed by atoms with Gasteiger partial charge in [-0.25, -0.2) is 0 Å². The third kappa shape index (κ3) is 3.77. The second kappa shape index (κ2) is 4.72. The molecule has 1 fully saturated rings. The van der Waals surface area contributed by atoms with Crippen LogP contribution in [-0.2, 0) is 13.5 Å². The Hall–Kier alpha value is -0.970. The van der Waals surface area contributed by atoms with Gasteiger partial charge in [0.2, 0.25) is 0 Å². The quantitative estimate of drug-likeness (QED) is 0.835. The lowest BCUT2D eigenvalue weighted by Gasteiger charge is -2.30. The lowest BCUT2D eigenvalue weighted by atomic mass is 9.78. The molecule has 0 radical (unpaired) electrons. The Labute approximate surface area is 103 Å². The van der Waals surface area contributed by atoms with Crippen LogP contribution in [0.15, 0.2) is 0 Å². The fraction of sp³-hybridized carbons (Fsp3) is 0.917. The normalized spacial score (nSPS) is 18.4. The van der Waals surface area contributed by atoms with Crippen molar-refractivity contribution >= 4 is 0 Å². The number of tetrazole rings is 1. The van der Waals surface area contributed by atoms with Crippen LogP contribution in [0.4, 0.5) is 0 Å². The third-order valence-corrected chi connectivity index (χ3v) is 3.43. The number of hydrogen-bond acceptors (Lipinski definition) is 4. The molecule has 1 N–H and O–H groups in total. The van der Waals surface area contributed by atoms with Gasteiger partial charge in [0.25, 0.3) is 0 Å². The zero-order valence-corrected chi connectivity index (χ0v) is 11.3. The number of aryl methyl sites for hydroxylation is 1. The molecular weight excluding hydrogens is 214 g/mol. The molecule has 0 aromatic carbocycles. The first-order valence-electron chi connectivity index (χ1n) is 6.41. The van der Waals surface area contributed by atoms with E-state index in [0.29, 0.717) is 5.92 Å². The van der Waals surface area contributed by atoms with Crippen molar-refractivity contribution < 1.29 is 0 Å². The molecule has 0 spiro atoms. The molecule has 0 aliphatic heterocycles. The first kappa shape index (κ1) is 12.5. The molecule has 2 rings (SSSR count). The summed E-state index contributed by atoms with van der Waals surface area (Å²) >= 11 is 0. The minimum absolute atomic E-state index is 0.265. The van der Waals surface area contributed by atoms with Crippen LogP contribution in [0, 0.1) is 11.3 Å². The summed E-state index contributed by atoms with van der Waals surface area (Å²) in [5.41, 5.74) is 0.265. The van der Waals surface area contributed by atoms with Crippen LogP contribution in [0.3, 0.4) is 0 Å². The number of nitrogens with one attached hydrogen (secondary N) is 1. The molecule has 17 heavy (non-hydrogen) atoms. The lowest BCUT2D eigenvalue weighted by Crippen LogP contribution is -2.34. The summed E-state index contributed by atoms with van der Waals surface area (Å²) in [5.74, 6) is 1.40. The van der Waals surface area contributed by atoms with E-state index in [4.69, 9.17) is 0 Å². The molecule has 1 aliphatic rings. The van der Waals surface area contributed by atoms with Gasteiger partial charge in [-0.05, 0) is 35.9 Å². The second-order valence-corrected chi connectivity index (χ2v) is 6.14. The first-order valence-corrected chi connectivity index (χ1v) is 6.41. The number of aromatic nitrogens is 4. The van der Waals surface area contributed by atoms with Crippen LogP contribution in [0.2, 0.25) is 0 Å². The highest BCUT2D eigenvalue weighted by atomic mass is 15.6. The fourth-order valence-electron chi connectivity index (χ4n) is 1.91. The molecule has 1 aromatic rings. The zero-order valence-electron chi connectivity index (χ0n) is 11.3. The SMILES string of the molecule is Cn1nnc(CC(CNC2CC2)C(C)(C)C)n1. The minimum Gasteiger partial charge on any atom is -0.314 e. The van der Waals surface area contributed by atoms with E-state index in [1.165, 1.54) is 17.6 Å². The van der Waals surface area contributed by atoms with E-state index < -0.39 is 0 Å². The summed E-state index contributed by atoms with van der Waals surface area (Å²) in [4.78, 5) is 1.53. The van der Waals surface area contributed by atoms with Crippen molar-refractivity contribution in [1.29, 1.82) is 0 Å². The Morgan fingerprint density at radius 3 is 2.59 bits per heavy atom. The molecule has 0 saturated heterocycles. The Kier molecular flexibility index (Phi) is 3.47. The van der Waals surface area contributed by atoms with Crippen LogP contribution < -0.4 is 5.32 Å². The third-order valence-electron chi connectivity index (χ3n) is 3.43. The molecule has 5 nitrogen and oxygen atoms in total. The predicted molar refractivity (Wildman–Crippen MR) is 66.5 cm³/mol. The van der Waals surface area contributed by atoms with Gasteiger partial charge >= 0.3 is 0 Å². The zero-order chi connectivity index (χ0) is 12.5. The molecule has 1 unspecified atom stereocenters. The van der Waals surface area contributed by atoms with Gasteiger partial charge in [-0.15, -0.1) is 10.2 Å². The Bertz CT molecular complexity index is 361. The minimum atomic E-state index is 0.265. The molecule has 1 aliphatic carbocycles. The maximum atomic E-state index is 4.27. The average Bonchev–Trinajstić information content (AvgIpc) is 2.95. The maximum Gasteiger partial charge on any atom is 0.175 e. The second-order valence-electron chi connectivity index (χ2n) is 6.14. The fourth-order valence-corrected chi connectivity index (χ4v) is 1.91. The van der Waals surface area contributed by atoms with Crippen LogP contribution in [-0.4, -0.2) is 32.8 Å². The van der Waals surface area contributed by atoms with E-state index in [-0.39, 0.29) is 5.41 Å². The predicted octanol–water partition coefficient (Wildman–Crippen LogP) is 1.17. The van der Waals surface area contributed by atoms with Gasteiger partial charge in [0.1, 0.15) is 0 Å². The lowest BCUT2D eigenvalue weighted by molar-refractivity contribution is 0.227. The summed E-state index contributed by atoms with van der Waals surface area (Å²) < 4.78 is 0. The summed E-state index contributed by atoms with van der Waals surface area (Å²) in [6, 6.07) is 0.759. The van der Waals surface area contributed by atoms with E-state index >= 15 is 0 Å². The largest absolute Gasteiger partial charge is 0.314 e. The van der Waals surface area contributed by atoms with Gasteiger partial charge in [-0.3, -0.25) is 0 Å². The standard InChI is InChI=1S/C12H23N5/c1-12(2,3)9(8-13-10-5-6-10)7-11-14-16-17(4)15-11/h9-10,13H,5-8H2,1-4H3. The van der Waals surface area contributed by atoms with Crippen LogP contribution in [0.25, 0.3) is 0 Å². The summed E-state index contributed by atoms with van der Waals surface area (Å²) in [7, 11) is 1.81. The van der Waals surface area contributed by atoms with Gasteiger partial charge in [0, 0.05) is 12.5 Å². The molecule has 1 atom stereocenters. The highest BCUT2D eigenvalue weighted by Gasteiger charge is 2.29. The average molecular weight is 237 g/mol. The van der Waals surface area contributed by atoms with E-state index in [2.05, 4.69) is 41.5 Å². The van der Waals surface area contributed by atoms with Crippen molar-refractivity contribution in [3.63, 3.8) is 0 Å². The van der Waals surface area contributed by atoms with Crippen molar-refractivity contribution in [3.8, 4) is 0 Å². The van der Waals surface area contributed by atoms with Crippen molar-refractivity contribution in [2.45, 2.75) is 46.1 Å². The number of rotatable bonds is 5. The van der Waals surface area contributed by atoms with Crippen LogP contribution >= 0.6 is 0 Å². The van der Waals surface area contributed by atoms with Gasteiger partial charge in [-0.1, -0.05) is 20.8 Å². The van der Waals surface area contributed by atoms with Crippen LogP contribution in [0.1, 0.15) is 39.4 Å². The monoisotopic (exact) mass is 237 g/mol. The van der Waals surface area contributed by atoms with Crippen LogP contribution in [0.5, 0.6) is 0 Å². The molecular formula is C12H23N5. The van der Waals surface area contributed by atoms with E-state index in [0.717, 1.165) is 24.8 Å². The summed E-state index contributed by atoms with van der Waals surface area (Å²) in [6.45, 7) is 7.89. The maximum absolute atomic E-state index is 4.27. The van der Waals surface area contributed by atoms with Gasteiger partial charge in [0.15, 0.2) is 5.82 Å². The van der Waals surface area contributed by atoms with Gasteiger partial charge in [-0.2, -0.15) is 4.80 Å². The van der Waals surface area contributed by atoms with Crippen molar-refractivity contribution in [1.82, 2.24) is 25.5 Å². The van der Waals surface area contributed by atoms with Crippen molar-refractivity contribution in [2.24, 2.45) is 18.4 Å². The van der Waals surface area contributed by atoms with E-state index in [1.807, 2.05) is 7.05 Å². The molecule has 1 aromatic heterocycles. The molecule has 1 heterocycles. The van der Waals surface area contributed by atoms with Crippen molar-refractivity contribution in [3.05, 3.63) is 5.82 Å². The topological polar surface area (TPSA) is 55.6 Å². The van der Waals surface area contributed by atoms with E-state index in [1.54, 1.807) is 0 Å². The van der Waals surface area contributed by atoms with Crippen molar-refractivity contribution in [2.75, 3.05) is 6.54 Å². The highest BCUT2D eigenvalue weighted by molar-refractivity contribution is 4.90. The molecule has 1 saturated carbocycles. The molecule has 0 amide bonds. The Morgan fingerprint density at radius 1 is 1.41 bits per heavy atom. The molecule has 0 bridgehead atoms.